The van der Waals surface area contributed by atoms with E-state index in [-0.39, 0.29) is 11.9 Å². The second-order valence-electron chi connectivity index (χ2n) is 6.66. The van der Waals surface area contributed by atoms with Gasteiger partial charge in [-0.1, -0.05) is 15.9 Å². The van der Waals surface area contributed by atoms with Gasteiger partial charge in [0.2, 0.25) is 0 Å². The Morgan fingerprint density at radius 3 is 2.81 bits per heavy atom. The Morgan fingerprint density at radius 2 is 2.04 bits per heavy atom. The van der Waals surface area contributed by atoms with Crippen LogP contribution in [0.25, 0.3) is 10.9 Å². The summed E-state index contributed by atoms with van der Waals surface area (Å²) >= 11 is 3.50. The molecule has 3 aromatic rings. The maximum atomic E-state index is 13.4. The Bertz CT molecular complexity index is 998. The van der Waals surface area contributed by atoms with Crippen LogP contribution in [0.5, 0.6) is 11.5 Å². The third-order valence-corrected chi connectivity index (χ3v) is 5.68. The van der Waals surface area contributed by atoms with E-state index in [4.69, 9.17) is 9.47 Å². The largest absolute Gasteiger partial charge is 0.497 e. The van der Waals surface area contributed by atoms with Crippen molar-refractivity contribution in [1.82, 2.24) is 9.88 Å². The first kappa shape index (κ1) is 17.9. The van der Waals surface area contributed by atoms with Crippen molar-refractivity contribution in [3.63, 3.8) is 0 Å². The fraction of sp³-hybridized carbons (Fsp3) is 0.286. The number of H-pyrrole nitrogens is 1. The van der Waals surface area contributed by atoms with Crippen molar-refractivity contribution >= 4 is 32.7 Å². The van der Waals surface area contributed by atoms with E-state index in [9.17, 15) is 4.79 Å². The Morgan fingerprint density at radius 1 is 1.19 bits per heavy atom. The van der Waals surface area contributed by atoms with Crippen LogP contribution in [-0.4, -0.2) is 36.6 Å². The molecule has 0 spiro atoms. The number of nitrogens with one attached hydrogen (secondary N) is 1. The van der Waals surface area contributed by atoms with Crippen molar-refractivity contribution in [3.05, 3.63) is 58.2 Å². The topological polar surface area (TPSA) is 54.6 Å². The number of rotatable bonds is 4. The van der Waals surface area contributed by atoms with Gasteiger partial charge in [0.05, 0.1) is 25.8 Å². The Balaban J connectivity index is 1.73. The number of nitrogens with zero attached hydrogens (tertiary/aromatic N) is 1. The van der Waals surface area contributed by atoms with E-state index in [0.717, 1.165) is 51.8 Å². The Hall–Kier alpha value is -2.47. The molecule has 1 saturated heterocycles. The van der Waals surface area contributed by atoms with Crippen LogP contribution in [0.15, 0.2) is 47.1 Å². The first-order valence-corrected chi connectivity index (χ1v) is 9.71. The zero-order chi connectivity index (χ0) is 19.0. The molecule has 0 aliphatic carbocycles. The van der Waals surface area contributed by atoms with Gasteiger partial charge in [0.1, 0.15) is 11.5 Å². The van der Waals surface area contributed by atoms with E-state index in [1.807, 2.05) is 41.3 Å². The Labute approximate surface area is 166 Å². The Kier molecular flexibility index (Phi) is 4.83. The third kappa shape index (κ3) is 3.18. The number of carbonyl (C=O) groups is 1. The van der Waals surface area contributed by atoms with E-state index in [2.05, 4.69) is 20.9 Å². The first-order valence-electron chi connectivity index (χ1n) is 8.92. The zero-order valence-corrected chi connectivity index (χ0v) is 16.9. The average molecular weight is 429 g/mol. The lowest BCUT2D eigenvalue weighted by atomic mass is 10.0. The lowest BCUT2D eigenvalue weighted by molar-refractivity contribution is 0.0736. The van der Waals surface area contributed by atoms with E-state index < -0.39 is 0 Å². The number of ether oxygens (including phenoxy) is 2. The number of hydrogen-bond acceptors (Lipinski definition) is 3. The van der Waals surface area contributed by atoms with Crippen molar-refractivity contribution in [2.24, 2.45) is 0 Å². The molecule has 27 heavy (non-hydrogen) atoms. The van der Waals surface area contributed by atoms with Crippen LogP contribution in [0, 0.1) is 0 Å². The molecular weight excluding hydrogens is 408 g/mol. The molecule has 1 atom stereocenters. The number of carbonyl (C=O) groups excluding carboxylic acids is 1. The maximum absolute atomic E-state index is 13.4. The molecule has 1 amide bonds. The van der Waals surface area contributed by atoms with Crippen molar-refractivity contribution in [2.45, 2.75) is 18.9 Å². The summed E-state index contributed by atoms with van der Waals surface area (Å²) in [7, 11) is 3.30. The SMILES string of the molecule is COc1ccc(OC)c([C@H]2CCCN2C(=O)c2c[nH]c3ccc(Br)cc23)c1. The lowest BCUT2D eigenvalue weighted by Gasteiger charge is -2.26. The summed E-state index contributed by atoms with van der Waals surface area (Å²) in [4.78, 5) is 18.5. The molecule has 0 saturated carbocycles. The van der Waals surface area contributed by atoms with Crippen LogP contribution in [0.4, 0.5) is 0 Å². The van der Waals surface area contributed by atoms with Gasteiger partial charge in [0, 0.05) is 33.7 Å². The molecule has 0 bridgehead atoms. The van der Waals surface area contributed by atoms with Crippen LogP contribution in [0.2, 0.25) is 0 Å². The molecule has 1 aliphatic heterocycles. The number of aromatic nitrogens is 1. The second-order valence-corrected chi connectivity index (χ2v) is 7.57. The monoisotopic (exact) mass is 428 g/mol. The molecule has 2 aromatic carbocycles. The van der Waals surface area contributed by atoms with Gasteiger partial charge in [0.15, 0.2) is 0 Å². The van der Waals surface area contributed by atoms with E-state index in [1.54, 1.807) is 20.4 Å². The standard InChI is InChI=1S/C21H21BrN2O3/c1-26-14-6-8-20(27-2)16(11-14)19-4-3-9-24(19)21(25)17-12-23-18-7-5-13(22)10-15(17)18/h5-8,10-12,19,23H,3-4,9H2,1-2H3/t19-/m1/s1. The summed E-state index contributed by atoms with van der Waals surface area (Å²) in [5, 5.41) is 0.928. The fourth-order valence-electron chi connectivity index (χ4n) is 3.86. The number of methoxy groups -OCH3 is 2. The molecule has 140 valence electrons. The number of likely N-dealkylation sites (tertiary alicyclic amines) is 1. The first-order chi connectivity index (χ1) is 13.1. The van der Waals surface area contributed by atoms with Crippen LogP contribution in [-0.2, 0) is 0 Å². The van der Waals surface area contributed by atoms with E-state index >= 15 is 0 Å². The second kappa shape index (κ2) is 7.27. The summed E-state index contributed by atoms with van der Waals surface area (Å²) in [6.07, 6.45) is 3.67. The van der Waals surface area contributed by atoms with Crippen molar-refractivity contribution in [1.29, 1.82) is 0 Å². The number of aromatic amines is 1. The lowest BCUT2D eigenvalue weighted by Crippen LogP contribution is -2.30. The number of hydrogen-bond donors (Lipinski definition) is 1. The summed E-state index contributed by atoms with van der Waals surface area (Å²) < 4.78 is 11.9. The van der Waals surface area contributed by atoms with Gasteiger partial charge in [-0.05, 0) is 49.2 Å². The number of amides is 1. The normalized spacial score (nSPS) is 16.7. The molecule has 5 nitrogen and oxygen atoms in total. The highest BCUT2D eigenvalue weighted by Gasteiger charge is 2.33. The van der Waals surface area contributed by atoms with Crippen LogP contribution >= 0.6 is 15.9 Å². The minimum atomic E-state index is -0.0281. The van der Waals surface area contributed by atoms with Gasteiger partial charge < -0.3 is 19.4 Å². The number of fused-ring (bicyclic) bond motifs is 1. The minimum absolute atomic E-state index is 0.0281. The van der Waals surface area contributed by atoms with Gasteiger partial charge in [-0.25, -0.2) is 0 Å². The highest BCUT2D eigenvalue weighted by Crippen LogP contribution is 2.40. The summed E-state index contributed by atoms with van der Waals surface area (Å²) in [5.41, 5.74) is 2.64. The molecule has 4 rings (SSSR count). The molecule has 1 fully saturated rings. The molecule has 1 aliphatic rings. The van der Waals surface area contributed by atoms with Gasteiger partial charge in [0.25, 0.3) is 5.91 Å². The summed E-state index contributed by atoms with van der Waals surface area (Å²) in [6, 6.07) is 11.6. The fourth-order valence-corrected chi connectivity index (χ4v) is 4.22. The van der Waals surface area contributed by atoms with Gasteiger partial charge in [-0.3, -0.25) is 4.79 Å². The van der Waals surface area contributed by atoms with Gasteiger partial charge in [-0.15, -0.1) is 0 Å². The molecule has 1 N–H and O–H groups in total. The molecule has 6 heteroatoms. The predicted octanol–water partition coefficient (Wildman–Crippen LogP) is 4.92. The van der Waals surface area contributed by atoms with E-state index in [0.29, 0.717) is 5.56 Å². The third-order valence-electron chi connectivity index (χ3n) is 5.18. The van der Waals surface area contributed by atoms with Crippen molar-refractivity contribution < 1.29 is 14.3 Å². The number of halogens is 1. The highest BCUT2D eigenvalue weighted by molar-refractivity contribution is 9.10. The van der Waals surface area contributed by atoms with Crippen molar-refractivity contribution in [2.75, 3.05) is 20.8 Å². The number of benzene rings is 2. The highest BCUT2D eigenvalue weighted by atomic mass is 79.9. The van der Waals surface area contributed by atoms with Crippen molar-refractivity contribution in [3.8, 4) is 11.5 Å². The quantitative estimate of drug-likeness (QED) is 0.640. The van der Waals surface area contributed by atoms with E-state index in [1.165, 1.54) is 0 Å². The molecule has 0 radical (unpaired) electrons. The smallest absolute Gasteiger partial charge is 0.256 e. The summed E-state index contributed by atoms with van der Waals surface area (Å²) in [6.45, 7) is 0.727. The van der Waals surface area contributed by atoms with Gasteiger partial charge in [-0.2, -0.15) is 0 Å². The molecular formula is C21H21BrN2O3. The molecule has 0 unspecified atom stereocenters. The van der Waals surface area contributed by atoms with Crippen LogP contribution in [0.1, 0.15) is 34.8 Å². The minimum Gasteiger partial charge on any atom is -0.497 e. The zero-order valence-electron chi connectivity index (χ0n) is 15.3. The maximum Gasteiger partial charge on any atom is 0.256 e. The van der Waals surface area contributed by atoms with Crippen LogP contribution < -0.4 is 9.47 Å². The predicted molar refractivity (Wildman–Crippen MR) is 109 cm³/mol. The molecule has 2 heterocycles. The summed E-state index contributed by atoms with van der Waals surface area (Å²) in [5.74, 6) is 1.58. The molecule has 1 aromatic heterocycles. The average Bonchev–Trinajstić information content (AvgIpc) is 3.33. The van der Waals surface area contributed by atoms with Crippen LogP contribution in [0.3, 0.4) is 0 Å². The van der Waals surface area contributed by atoms with Gasteiger partial charge >= 0.3 is 0 Å².